The van der Waals surface area contributed by atoms with Gasteiger partial charge in [-0.25, -0.2) is 0 Å². The Hall–Kier alpha value is -1.10. The predicted molar refractivity (Wildman–Crippen MR) is 68.3 cm³/mol. The second kappa shape index (κ2) is 8.06. The largest absolute Gasteiger partial charge is 0.357 e. The maximum Gasteiger partial charge on any atom is 0.242 e. The van der Waals surface area contributed by atoms with E-state index in [-0.39, 0.29) is 11.8 Å². The van der Waals surface area contributed by atoms with Crippen LogP contribution in [0.3, 0.4) is 0 Å². The van der Waals surface area contributed by atoms with Crippen LogP contribution in [0.15, 0.2) is 0 Å². The lowest BCUT2D eigenvalue weighted by atomic mass is 10.0. The third-order valence-corrected chi connectivity index (χ3v) is 2.52. The number of rotatable bonds is 7. The molecular weight excluding hydrogens is 218 g/mol. The van der Waals surface area contributed by atoms with Gasteiger partial charge in [-0.2, -0.15) is 0 Å². The fourth-order valence-corrected chi connectivity index (χ4v) is 1.60. The number of hydrogen-bond acceptors (Lipinski definition) is 3. The van der Waals surface area contributed by atoms with Crippen LogP contribution in [0.4, 0.5) is 0 Å². The van der Waals surface area contributed by atoms with Crippen molar-refractivity contribution in [2.75, 3.05) is 7.05 Å². The second-order valence-corrected chi connectivity index (χ2v) is 4.70. The first-order valence-electron chi connectivity index (χ1n) is 6.19. The minimum atomic E-state index is -0.528. The Morgan fingerprint density at radius 3 is 2.24 bits per heavy atom. The van der Waals surface area contributed by atoms with E-state index in [1.165, 1.54) is 0 Å². The Labute approximate surface area is 104 Å². The molecule has 0 spiro atoms. The number of hydrogen-bond donors (Lipinski definition) is 3. The normalized spacial score (nSPS) is 14.2. The number of carbonyl (C=O) groups excluding carboxylic acids is 2. The molecule has 0 aliphatic carbocycles. The van der Waals surface area contributed by atoms with Gasteiger partial charge in [0.05, 0.1) is 6.04 Å². The van der Waals surface area contributed by atoms with Crippen molar-refractivity contribution in [2.45, 2.75) is 52.1 Å². The van der Waals surface area contributed by atoms with E-state index in [4.69, 9.17) is 5.73 Å². The van der Waals surface area contributed by atoms with Crippen molar-refractivity contribution in [3.8, 4) is 0 Å². The highest BCUT2D eigenvalue weighted by Gasteiger charge is 2.23. The van der Waals surface area contributed by atoms with E-state index in [0.29, 0.717) is 18.8 Å². The number of nitrogens with two attached hydrogens (primary N) is 1. The molecule has 2 amide bonds. The average Bonchev–Trinajstić information content (AvgIpc) is 2.26. The summed E-state index contributed by atoms with van der Waals surface area (Å²) in [4.78, 5) is 23.3. The summed E-state index contributed by atoms with van der Waals surface area (Å²) >= 11 is 0. The molecule has 0 fully saturated rings. The van der Waals surface area contributed by atoms with Gasteiger partial charge in [-0.1, -0.05) is 27.2 Å². The van der Waals surface area contributed by atoms with Crippen LogP contribution < -0.4 is 16.4 Å². The van der Waals surface area contributed by atoms with E-state index in [1.807, 2.05) is 20.8 Å². The molecule has 4 N–H and O–H groups in total. The van der Waals surface area contributed by atoms with E-state index < -0.39 is 12.1 Å². The molecule has 0 bridgehead atoms. The summed E-state index contributed by atoms with van der Waals surface area (Å²) in [6.07, 6.45) is 2.10. The highest BCUT2D eigenvalue weighted by atomic mass is 16.2. The summed E-state index contributed by atoms with van der Waals surface area (Å²) in [5.74, 6) is -0.0863. The van der Waals surface area contributed by atoms with Gasteiger partial charge in [0.1, 0.15) is 6.04 Å². The van der Waals surface area contributed by atoms with E-state index in [1.54, 1.807) is 7.05 Å². The van der Waals surface area contributed by atoms with Crippen LogP contribution in [0.25, 0.3) is 0 Å². The van der Waals surface area contributed by atoms with Crippen LogP contribution in [0.1, 0.15) is 40.0 Å². The maximum atomic E-state index is 11.7. The maximum absolute atomic E-state index is 11.7. The van der Waals surface area contributed by atoms with Crippen molar-refractivity contribution >= 4 is 11.8 Å². The molecule has 0 aliphatic heterocycles. The van der Waals surface area contributed by atoms with Crippen LogP contribution in [0.5, 0.6) is 0 Å². The van der Waals surface area contributed by atoms with Gasteiger partial charge in [0.25, 0.3) is 0 Å². The zero-order valence-corrected chi connectivity index (χ0v) is 11.2. The third kappa shape index (κ3) is 6.26. The third-order valence-electron chi connectivity index (χ3n) is 2.52. The van der Waals surface area contributed by atoms with Crippen molar-refractivity contribution in [3.05, 3.63) is 0 Å². The van der Waals surface area contributed by atoms with Crippen molar-refractivity contribution < 1.29 is 9.59 Å². The van der Waals surface area contributed by atoms with Crippen LogP contribution in [-0.4, -0.2) is 30.9 Å². The molecule has 0 aromatic carbocycles. The summed E-state index contributed by atoms with van der Waals surface area (Å²) in [6, 6.07) is -1.02. The quantitative estimate of drug-likeness (QED) is 0.605. The van der Waals surface area contributed by atoms with Crippen molar-refractivity contribution in [1.82, 2.24) is 10.6 Å². The van der Waals surface area contributed by atoms with Crippen LogP contribution in [-0.2, 0) is 9.59 Å². The van der Waals surface area contributed by atoms with Crippen LogP contribution >= 0.6 is 0 Å². The van der Waals surface area contributed by atoms with Crippen LogP contribution in [0.2, 0.25) is 0 Å². The second-order valence-electron chi connectivity index (χ2n) is 4.70. The molecule has 2 atom stereocenters. The highest BCUT2D eigenvalue weighted by Crippen LogP contribution is 2.05. The zero-order chi connectivity index (χ0) is 13.4. The first kappa shape index (κ1) is 15.9. The molecule has 5 heteroatoms. The predicted octanol–water partition coefficient (Wildman–Crippen LogP) is 0.391. The number of amides is 2. The molecular formula is C12H25N3O2. The van der Waals surface area contributed by atoms with E-state index in [2.05, 4.69) is 10.6 Å². The summed E-state index contributed by atoms with van der Waals surface area (Å²) < 4.78 is 0. The first-order chi connectivity index (χ1) is 7.92. The van der Waals surface area contributed by atoms with Crippen molar-refractivity contribution in [3.63, 3.8) is 0 Å². The van der Waals surface area contributed by atoms with Gasteiger partial charge in [0, 0.05) is 7.05 Å². The van der Waals surface area contributed by atoms with Gasteiger partial charge in [0.15, 0.2) is 0 Å². The smallest absolute Gasteiger partial charge is 0.242 e. The highest BCUT2D eigenvalue weighted by molar-refractivity contribution is 5.89. The summed E-state index contributed by atoms with van der Waals surface area (Å²) in [5.41, 5.74) is 5.70. The molecule has 17 heavy (non-hydrogen) atoms. The lowest BCUT2D eigenvalue weighted by Crippen LogP contribution is -2.51. The molecule has 5 nitrogen and oxygen atoms in total. The topological polar surface area (TPSA) is 84.2 Å². The number of carbonyl (C=O) groups is 2. The fourth-order valence-electron chi connectivity index (χ4n) is 1.60. The Kier molecular flexibility index (Phi) is 7.54. The SMILES string of the molecule is CCCC(N)C(=O)NC(CC(C)C)C(=O)NC. The molecule has 2 unspecified atom stereocenters. The molecule has 0 saturated heterocycles. The van der Waals surface area contributed by atoms with Crippen molar-refractivity contribution in [2.24, 2.45) is 11.7 Å². The Bertz CT molecular complexity index is 254. The zero-order valence-electron chi connectivity index (χ0n) is 11.2. The first-order valence-corrected chi connectivity index (χ1v) is 6.19. The molecule has 0 aromatic heterocycles. The molecule has 0 rings (SSSR count). The summed E-state index contributed by atoms with van der Waals surface area (Å²) in [7, 11) is 1.56. The van der Waals surface area contributed by atoms with Crippen molar-refractivity contribution in [1.29, 1.82) is 0 Å². The molecule has 0 saturated carbocycles. The molecule has 100 valence electrons. The Morgan fingerprint density at radius 2 is 1.82 bits per heavy atom. The Morgan fingerprint density at radius 1 is 1.24 bits per heavy atom. The lowest BCUT2D eigenvalue weighted by molar-refractivity contribution is -0.129. The van der Waals surface area contributed by atoms with Gasteiger partial charge in [0.2, 0.25) is 11.8 Å². The Balaban J connectivity index is 4.42. The van der Waals surface area contributed by atoms with Gasteiger partial charge in [-0.3, -0.25) is 9.59 Å². The monoisotopic (exact) mass is 243 g/mol. The van der Waals surface area contributed by atoms with E-state index in [0.717, 1.165) is 6.42 Å². The van der Waals surface area contributed by atoms with Crippen LogP contribution in [0, 0.1) is 5.92 Å². The molecule has 0 aliphatic rings. The lowest BCUT2D eigenvalue weighted by Gasteiger charge is -2.21. The van der Waals surface area contributed by atoms with E-state index in [9.17, 15) is 9.59 Å². The minimum absolute atomic E-state index is 0.171. The van der Waals surface area contributed by atoms with Gasteiger partial charge < -0.3 is 16.4 Å². The molecule has 0 aromatic rings. The molecule has 0 radical (unpaired) electrons. The fraction of sp³-hybridized carbons (Fsp3) is 0.833. The summed E-state index contributed by atoms with van der Waals surface area (Å²) in [6.45, 7) is 5.99. The van der Waals surface area contributed by atoms with Gasteiger partial charge >= 0.3 is 0 Å². The minimum Gasteiger partial charge on any atom is -0.357 e. The number of nitrogens with one attached hydrogen (secondary N) is 2. The van der Waals surface area contributed by atoms with E-state index >= 15 is 0 Å². The average molecular weight is 243 g/mol. The standard InChI is InChI=1S/C12H25N3O2/c1-5-6-9(13)11(16)15-10(7-8(2)3)12(17)14-4/h8-10H,5-7,13H2,1-4H3,(H,14,17)(H,15,16). The number of likely N-dealkylation sites (N-methyl/N-ethyl adjacent to an activating group) is 1. The van der Waals surface area contributed by atoms with Gasteiger partial charge in [-0.15, -0.1) is 0 Å². The summed E-state index contributed by atoms with van der Waals surface area (Å²) in [5, 5.41) is 5.26. The van der Waals surface area contributed by atoms with Gasteiger partial charge in [-0.05, 0) is 18.8 Å². The molecule has 0 heterocycles.